The maximum atomic E-state index is 12.3. The van der Waals surface area contributed by atoms with Crippen molar-refractivity contribution in [3.8, 4) is 0 Å². The van der Waals surface area contributed by atoms with E-state index in [-0.39, 0.29) is 23.2 Å². The van der Waals surface area contributed by atoms with E-state index in [1.165, 1.54) is 6.07 Å². The molecule has 0 amide bonds. The van der Waals surface area contributed by atoms with Gasteiger partial charge in [0.2, 0.25) is 5.76 Å². The second-order valence-corrected chi connectivity index (χ2v) is 7.05. The van der Waals surface area contributed by atoms with Crippen molar-refractivity contribution in [2.24, 2.45) is 5.10 Å². The number of carbonyl (C=O) groups is 1. The lowest BCUT2D eigenvalue weighted by Crippen LogP contribution is -2.14. The molecule has 158 valence electrons. The van der Waals surface area contributed by atoms with Crippen LogP contribution in [0.2, 0.25) is 0 Å². The molecule has 0 saturated carbocycles. The number of rotatable bonds is 6. The molecule has 11 heteroatoms. The average molecular weight is 416 g/mol. The van der Waals surface area contributed by atoms with Crippen LogP contribution in [0.25, 0.3) is 0 Å². The molecule has 2 aromatic rings. The van der Waals surface area contributed by atoms with Gasteiger partial charge in [0.25, 0.3) is 5.69 Å². The van der Waals surface area contributed by atoms with Crippen LogP contribution in [0.1, 0.15) is 54.1 Å². The number of non-ortho nitro benzene ring substituents is 1. The summed E-state index contributed by atoms with van der Waals surface area (Å²) in [7, 11) is 0. The lowest BCUT2D eigenvalue weighted by Gasteiger charge is -2.13. The summed E-state index contributed by atoms with van der Waals surface area (Å²) in [6.45, 7) is 5.21. The molecular formula is C19H20N4O7. The van der Waals surface area contributed by atoms with Gasteiger partial charge >= 0.3 is 11.7 Å². The highest BCUT2D eigenvalue weighted by Gasteiger charge is 2.29. The standard InChI is InChI=1S/C19H20N4O7/c1-10(2)29-19(24)18-11(3)17-14(5-4-6-16(17)30-18)21-20-13-8-7-12(22(25)26)9-15(13)23(27)28/h7-10,20H,4-6H2,1-3H3/b21-14+. The molecule has 0 bridgehead atoms. The quantitative estimate of drug-likeness (QED) is 0.419. The zero-order valence-corrected chi connectivity index (χ0v) is 16.6. The third-order valence-corrected chi connectivity index (χ3v) is 4.55. The van der Waals surface area contributed by atoms with Gasteiger partial charge in [-0.25, -0.2) is 4.79 Å². The van der Waals surface area contributed by atoms with Crippen molar-refractivity contribution in [3.63, 3.8) is 0 Å². The van der Waals surface area contributed by atoms with E-state index < -0.39 is 21.5 Å². The van der Waals surface area contributed by atoms with Gasteiger partial charge in [0.15, 0.2) is 0 Å². The molecular weight excluding hydrogens is 396 g/mol. The van der Waals surface area contributed by atoms with Crippen LogP contribution in [0.15, 0.2) is 27.7 Å². The predicted octanol–water partition coefficient (Wildman–Crippen LogP) is 4.12. The number of nitrogens with zero attached hydrogens (tertiary/aromatic N) is 3. The second kappa shape index (κ2) is 8.31. The predicted molar refractivity (Wildman–Crippen MR) is 107 cm³/mol. The summed E-state index contributed by atoms with van der Waals surface area (Å²) in [5.74, 6) is 0.160. The van der Waals surface area contributed by atoms with Gasteiger partial charge in [0.1, 0.15) is 11.4 Å². The maximum absolute atomic E-state index is 12.3. The molecule has 1 heterocycles. The zero-order valence-electron chi connectivity index (χ0n) is 16.6. The van der Waals surface area contributed by atoms with Crippen molar-refractivity contribution < 1.29 is 23.8 Å². The fourth-order valence-corrected chi connectivity index (χ4v) is 3.25. The highest BCUT2D eigenvalue weighted by molar-refractivity contribution is 6.06. The first-order chi connectivity index (χ1) is 14.2. The molecule has 1 aromatic carbocycles. The smallest absolute Gasteiger partial charge is 0.374 e. The molecule has 0 spiro atoms. The summed E-state index contributed by atoms with van der Waals surface area (Å²) in [6, 6.07) is 3.26. The lowest BCUT2D eigenvalue weighted by molar-refractivity contribution is -0.393. The molecule has 1 aromatic heterocycles. The maximum Gasteiger partial charge on any atom is 0.374 e. The number of fused-ring (bicyclic) bond motifs is 1. The number of hydrogen-bond acceptors (Lipinski definition) is 9. The minimum Gasteiger partial charge on any atom is -0.457 e. The van der Waals surface area contributed by atoms with Gasteiger partial charge in [-0.05, 0) is 39.7 Å². The molecule has 0 fully saturated rings. The van der Waals surface area contributed by atoms with E-state index in [0.717, 1.165) is 18.6 Å². The van der Waals surface area contributed by atoms with Crippen molar-refractivity contribution in [1.29, 1.82) is 0 Å². The second-order valence-electron chi connectivity index (χ2n) is 7.05. The molecule has 1 aliphatic carbocycles. The minimum atomic E-state index is -0.717. The summed E-state index contributed by atoms with van der Waals surface area (Å²) < 4.78 is 10.9. The molecule has 1 aliphatic rings. The number of anilines is 1. The van der Waals surface area contributed by atoms with Crippen molar-refractivity contribution in [3.05, 3.63) is 61.1 Å². The van der Waals surface area contributed by atoms with Gasteiger partial charge in [0, 0.05) is 23.6 Å². The molecule has 3 rings (SSSR count). The van der Waals surface area contributed by atoms with E-state index in [1.54, 1.807) is 20.8 Å². The highest BCUT2D eigenvalue weighted by Crippen LogP contribution is 2.32. The normalized spacial score (nSPS) is 14.5. The van der Waals surface area contributed by atoms with Gasteiger partial charge in [-0.1, -0.05) is 0 Å². The van der Waals surface area contributed by atoms with E-state index >= 15 is 0 Å². The number of ether oxygens (including phenoxy) is 1. The molecule has 30 heavy (non-hydrogen) atoms. The number of benzene rings is 1. The Labute approximate surface area is 171 Å². The van der Waals surface area contributed by atoms with E-state index in [9.17, 15) is 25.0 Å². The van der Waals surface area contributed by atoms with E-state index in [2.05, 4.69) is 10.5 Å². The SMILES string of the molecule is Cc1c(C(=O)OC(C)C)oc2c1/C(=N/Nc1ccc([N+](=O)[O-])cc1[N+](=O)[O-])CCC2. The topological polar surface area (TPSA) is 150 Å². The van der Waals surface area contributed by atoms with Gasteiger partial charge < -0.3 is 9.15 Å². The van der Waals surface area contributed by atoms with Crippen LogP contribution in [0.4, 0.5) is 17.1 Å². The summed E-state index contributed by atoms with van der Waals surface area (Å²) >= 11 is 0. The Bertz CT molecular complexity index is 1060. The van der Waals surface area contributed by atoms with Crippen LogP contribution in [-0.4, -0.2) is 27.6 Å². The van der Waals surface area contributed by atoms with Crippen LogP contribution >= 0.6 is 0 Å². The van der Waals surface area contributed by atoms with Crippen LogP contribution in [0.3, 0.4) is 0 Å². The molecule has 0 atom stereocenters. The van der Waals surface area contributed by atoms with Crippen LogP contribution in [0.5, 0.6) is 0 Å². The monoisotopic (exact) mass is 416 g/mol. The number of aryl methyl sites for hydroxylation is 1. The molecule has 1 N–H and O–H groups in total. The Morgan fingerprint density at radius 3 is 2.60 bits per heavy atom. The number of furan rings is 1. The molecule has 11 nitrogen and oxygen atoms in total. The third kappa shape index (κ3) is 4.14. The Morgan fingerprint density at radius 1 is 1.23 bits per heavy atom. The summed E-state index contributed by atoms with van der Waals surface area (Å²) in [5, 5.41) is 26.5. The summed E-state index contributed by atoms with van der Waals surface area (Å²) in [4.78, 5) is 33.0. The third-order valence-electron chi connectivity index (χ3n) is 4.55. The van der Waals surface area contributed by atoms with Crippen molar-refractivity contribution >= 4 is 28.7 Å². The first-order valence-electron chi connectivity index (χ1n) is 9.28. The number of nitro benzene ring substituents is 2. The van der Waals surface area contributed by atoms with Crippen LogP contribution in [-0.2, 0) is 11.2 Å². The van der Waals surface area contributed by atoms with Gasteiger partial charge in [0.05, 0.1) is 27.7 Å². The van der Waals surface area contributed by atoms with E-state index in [4.69, 9.17) is 9.15 Å². The Hall–Kier alpha value is -3.76. The number of hydrogen-bond donors (Lipinski definition) is 1. The Balaban J connectivity index is 1.94. The Kier molecular flexibility index (Phi) is 5.81. The average Bonchev–Trinajstić information content (AvgIpc) is 3.03. The van der Waals surface area contributed by atoms with Crippen LogP contribution < -0.4 is 5.43 Å². The number of nitro groups is 2. The molecule has 0 saturated heterocycles. The number of hydrazone groups is 1. The van der Waals surface area contributed by atoms with Gasteiger partial charge in [-0.3, -0.25) is 25.7 Å². The summed E-state index contributed by atoms with van der Waals surface area (Å²) in [6.07, 6.45) is 1.62. The number of nitrogens with one attached hydrogen (secondary N) is 1. The number of carbonyl (C=O) groups excluding carboxylic acids is 1. The van der Waals surface area contributed by atoms with Gasteiger partial charge in [-0.2, -0.15) is 5.10 Å². The molecule has 0 unspecified atom stereocenters. The first kappa shape index (κ1) is 21.0. The molecule has 0 aliphatic heterocycles. The number of esters is 1. The van der Waals surface area contributed by atoms with Crippen molar-refractivity contribution in [2.45, 2.75) is 46.1 Å². The molecule has 0 radical (unpaired) electrons. The zero-order chi connectivity index (χ0) is 22.0. The van der Waals surface area contributed by atoms with Crippen molar-refractivity contribution in [1.82, 2.24) is 0 Å². The van der Waals surface area contributed by atoms with Gasteiger partial charge in [-0.15, -0.1) is 0 Å². The first-order valence-corrected chi connectivity index (χ1v) is 9.28. The van der Waals surface area contributed by atoms with Crippen LogP contribution in [0, 0.1) is 27.2 Å². The van der Waals surface area contributed by atoms with E-state index in [0.29, 0.717) is 35.4 Å². The fraction of sp³-hybridized carbons (Fsp3) is 0.368. The summed E-state index contributed by atoms with van der Waals surface area (Å²) in [5.41, 5.74) is 3.65. The van der Waals surface area contributed by atoms with Crippen molar-refractivity contribution in [2.75, 3.05) is 5.43 Å². The largest absolute Gasteiger partial charge is 0.457 e. The Morgan fingerprint density at radius 2 is 1.97 bits per heavy atom. The highest BCUT2D eigenvalue weighted by atomic mass is 16.6. The lowest BCUT2D eigenvalue weighted by atomic mass is 9.93. The fourth-order valence-electron chi connectivity index (χ4n) is 3.25. The minimum absolute atomic E-state index is 0.0193. The van der Waals surface area contributed by atoms with E-state index in [1.807, 2.05) is 0 Å².